The van der Waals surface area contributed by atoms with E-state index < -0.39 is 6.03 Å². The van der Waals surface area contributed by atoms with Crippen LogP contribution in [0.25, 0.3) is 0 Å². The van der Waals surface area contributed by atoms with Crippen LogP contribution in [-0.4, -0.2) is 60.5 Å². The molecule has 3 amide bonds. The van der Waals surface area contributed by atoms with Crippen LogP contribution in [0.5, 0.6) is 0 Å². The monoisotopic (exact) mass is 253 g/mol. The molecule has 0 aromatic heterocycles. The molecule has 1 aliphatic rings. The molecule has 18 heavy (non-hydrogen) atoms. The standard InChI is InChI=1S/C11H19N5O2/c1-2-9(7-12)16-5-3-15(4-6-16)8-10(17)14-11(13)18/h9H,2-6,8H2,1H3,(H3,13,14,17,18). The number of rotatable bonds is 4. The van der Waals surface area contributed by atoms with Crippen molar-refractivity contribution in [2.24, 2.45) is 5.73 Å². The van der Waals surface area contributed by atoms with Crippen LogP contribution in [0.1, 0.15) is 13.3 Å². The van der Waals surface area contributed by atoms with Gasteiger partial charge in [-0.1, -0.05) is 6.92 Å². The van der Waals surface area contributed by atoms with Crippen LogP contribution in [0.15, 0.2) is 0 Å². The highest BCUT2D eigenvalue weighted by molar-refractivity contribution is 5.94. The molecule has 1 rings (SSSR count). The molecule has 0 aliphatic carbocycles. The summed E-state index contributed by atoms with van der Waals surface area (Å²) in [5.41, 5.74) is 4.86. The Hall–Kier alpha value is -1.65. The largest absolute Gasteiger partial charge is 0.351 e. The average Bonchev–Trinajstić information content (AvgIpc) is 2.31. The molecule has 0 spiro atoms. The zero-order chi connectivity index (χ0) is 13.5. The van der Waals surface area contributed by atoms with Crippen LogP contribution in [-0.2, 0) is 4.79 Å². The fourth-order valence-corrected chi connectivity index (χ4v) is 2.04. The third kappa shape index (κ3) is 4.31. The second-order valence-corrected chi connectivity index (χ2v) is 4.28. The van der Waals surface area contributed by atoms with Crippen molar-refractivity contribution < 1.29 is 9.59 Å². The lowest BCUT2D eigenvalue weighted by molar-refractivity contribution is -0.121. The normalized spacial score (nSPS) is 18.9. The first-order valence-corrected chi connectivity index (χ1v) is 6.02. The first-order chi connectivity index (χ1) is 8.56. The predicted molar refractivity (Wildman–Crippen MR) is 65.4 cm³/mol. The molecule has 7 heteroatoms. The summed E-state index contributed by atoms with van der Waals surface area (Å²) in [5.74, 6) is -0.386. The predicted octanol–water partition coefficient (Wildman–Crippen LogP) is -0.899. The third-order valence-electron chi connectivity index (χ3n) is 3.01. The molecule has 1 fully saturated rings. The molecular weight excluding hydrogens is 234 g/mol. The highest BCUT2D eigenvalue weighted by Crippen LogP contribution is 2.08. The van der Waals surface area contributed by atoms with Gasteiger partial charge in [0.2, 0.25) is 5.91 Å². The van der Waals surface area contributed by atoms with Gasteiger partial charge in [0.05, 0.1) is 18.7 Å². The Bertz CT molecular complexity index is 344. The van der Waals surface area contributed by atoms with Gasteiger partial charge in [-0.2, -0.15) is 5.26 Å². The topological polar surface area (TPSA) is 102 Å². The van der Waals surface area contributed by atoms with Gasteiger partial charge in [-0.15, -0.1) is 0 Å². The van der Waals surface area contributed by atoms with Crippen LogP contribution < -0.4 is 11.1 Å². The number of nitrogens with two attached hydrogens (primary N) is 1. The zero-order valence-corrected chi connectivity index (χ0v) is 10.6. The SMILES string of the molecule is CCC(C#N)N1CCN(CC(=O)NC(N)=O)CC1. The van der Waals surface area contributed by atoms with Gasteiger partial charge in [0.25, 0.3) is 0 Å². The number of urea groups is 1. The van der Waals surface area contributed by atoms with Crippen molar-refractivity contribution >= 4 is 11.9 Å². The number of hydrogen-bond acceptors (Lipinski definition) is 5. The van der Waals surface area contributed by atoms with E-state index in [2.05, 4.69) is 11.0 Å². The van der Waals surface area contributed by atoms with E-state index in [1.807, 2.05) is 17.1 Å². The van der Waals surface area contributed by atoms with Crippen LogP contribution in [0.3, 0.4) is 0 Å². The first-order valence-electron chi connectivity index (χ1n) is 6.02. The van der Waals surface area contributed by atoms with Gasteiger partial charge in [-0.3, -0.25) is 19.9 Å². The molecule has 1 unspecified atom stereocenters. The summed E-state index contributed by atoms with van der Waals surface area (Å²) >= 11 is 0. The molecule has 0 bridgehead atoms. The molecule has 100 valence electrons. The molecule has 0 radical (unpaired) electrons. The van der Waals surface area contributed by atoms with Gasteiger partial charge in [0.1, 0.15) is 0 Å². The average molecular weight is 253 g/mol. The fourth-order valence-electron chi connectivity index (χ4n) is 2.04. The zero-order valence-electron chi connectivity index (χ0n) is 10.6. The molecule has 3 N–H and O–H groups in total. The van der Waals surface area contributed by atoms with Gasteiger partial charge in [0, 0.05) is 26.2 Å². The summed E-state index contributed by atoms with van der Waals surface area (Å²) in [4.78, 5) is 25.9. The minimum atomic E-state index is -0.825. The Labute approximate surface area is 107 Å². The molecule has 0 aromatic rings. The van der Waals surface area contributed by atoms with E-state index in [-0.39, 0.29) is 18.5 Å². The van der Waals surface area contributed by atoms with Gasteiger partial charge in [-0.25, -0.2) is 4.79 Å². The molecule has 1 atom stereocenters. The van der Waals surface area contributed by atoms with Crippen molar-refractivity contribution in [3.05, 3.63) is 0 Å². The van der Waals surface area contributed by atoms with Crippen LogP contribution in [0.2, 0.25) is 0 Å². The van der Waals surface area contributed by atoms with Crippen molar-refractivity contribution in [2.75, 3.05) is 32.7 Å². The van der Waals surface area contributed by atoms with Crippen molar-refractivity contribution in [2.45, 2.75) is 19.4 Å². The van der Waals surface area contributed by atoms with E-state index >= 15 is 0 Å². The minimum absolute atomic E-state index is 0.0494. The molecule has 1 heterocycles. The van der Waals surface area contributed by atoms with E-state index in [9.17, 15) is 9.59 Å². The Morgan fingerprint density at radius 3 is 2.44 bits per heavy atom. The van der Waals surface area contributed by atoms with Crippen molar-refractivity contribution in [3.63, 3.8) is 0 Å². The highest BCUT2D eigenvalue weighted by Gasteiger charge is 2.23. The number of nitriles is 1. The van der Waals surface area contributed by atoms with E-state index in [0.29, 0.717) is 13.1 Å². The lowest BCUT2D eigenvalue weighted by atomic mass is 10.2. The highest BCUT2D eigenvalue weighted by atomic mass is 16.2. The number of carbonyl (C=O) groups excluding carboxylic acids is 2. The Morgan fingerprint density at radius 1 is 1.39 bits per heavy atom. The lowest BCUT2D eigenvalue weighted by Gasteiger charge is -2.36. The summed E-state index contributed by atoms with van der Waals surface area (Å²) in [6, 6.07) is 1.40. The first kappa shape index (κ1) is 14.4. The molecule has 1 aliphatic heterocycles. The van der Waals surface area contributed by atoms with Gasteiger partial charge in [0.15, 0.2) is 0 Å². The Morgan fingerprint density at radius 2 is 2.00 bits per heavy atom. The molecule has 0 saturated carbocycles. The maximum atomic E-state index is 11.3. The smallest absolute Gasteiger partial charge is 0.318 e. The molecular formula is C11H19N5O2. The maximum absolute atomic E-state index is 11.3. The number of carbonyl (C=O) groups is 2. The summed E-state index contributed by atoms with van der Waals surface area (Å²) in [7, 11) is 0. The number of hydrogen-bond donors (Lipinski definition) is 2. The maximum Gasteiger partial charge on any atom is 0.318 e. The number of nitrogens with one attached hydrogen (secondary N) is 1. The molecule has 1 saturated heterocycles. The van der Waals surface area contributed by atoms with Crippen LogP contribution >= 0.6 is 0 Å². The summed E-state index contributed by atoms with van der Waals surface area (Å²) in [6.45, 7) is 5.10. The van der Waals surface area contributed by atoms with Crippen LogP contribution in [0, 0.1) is 11.3 Å². The van der Waals surface area contributed by atoms with E-state index in [4.69, 9.17) is 11.0 Å². The van der Waals surface area contributed by atoms with Crippen molar-refractivity contribution in [1.82, 2.24) is 15.1 Å². The second-order valence-electron chi connectivity index (χ2n) is 4.28. The Balaban J connectivity index is 2.33. The Kier molecular flexibility index (Phi) is 5.55. The number of piperazine rings is 1. The lowest BCUT2D eigenvalue weighted by Crippen LogP contribution is -2.52. The number of imide groups is 1. The van der Waals surface area contributed by atoms with Crippen molar-refractivity contribution in [3.8, 4) is 6.07 Å². The van der Waals surface area contributed by atoms with Gasteiger partial charge >= 0.3 is 6.03 Å². The molecule has 7 nitrogen and oxygen atoms in total. The second kappa shape index (κ2) is 6.93. The molecule has 0 aromatic carbocycles. The van der Waals surface area contributed by atoms with E-state index in [0.717, 1.165) is 19.5 Å². The summed E-state index contributed by atoms with van der Waals surface area (Å²) < 4.78 is 0. The third-order valence-corrected chi connectivity index (χ3v) is 3.01. The van der Waals surface area contributed by atoms with Crippen LogP contribution in [0.4, 0.5) is 4.79 Å². The van der Waals surface area contributed by atoms with Crippen molar-refractivity contribution in [1.29, 1.82) is 5.26 Å². The van der Waals surface area contributed by atoms with E-state index in [1.165, 1.54) is 0 Å². The van der Waals surface area contributed by atoms with E-state index in [1.54, 1.807) is 0 Å². The van der Waals surface area contributed by atoms with Gasteiger partial charge in [-0.05, 0) is 6.42 Å². The quantitative estimate of drug-likeness (QED) is 0.676. The summed E-state index contributed by atoms with van der Waals surface area (Å²) in [6.07, 6.45) is 0.804. The minimum Gasteiger partial charge on any atom is -0.351 e. The summed E-state index contributed by atoms with van der Waals surface area (Å²) in [5, 5.41) is 11.0. The number of nitrogens with zero attached hydrogens (tertiary/aromatic N) is 3. The number of primary amides is 1. The van der Waals surface area contributed by atoms with Gasteiger partial charge < -0.3 is 5.73 Å². The fraction of sp³-hybridized carbons (Fsp3) is 0.727. The number of amides is 3.